The minimum atomic E-state index is 0.711. The van der Waals surface area contributed by atoms with Crippen LogP contribution in [0.4, 0.5) is 0 Å². The molecule has 1 fully saturated rings. The summed E-state index contributed by atoms with van der Waals surface area (Å²) in [5.41, 5.74) is 1.42. The number of aromatic nitrogens is 2. The Hall–Kier alpha value is -0.830. The third-order valence-electron chi connectivity index (χ3n) is 4.95. The molecule has 3 nitrogen and oxygen atoms in total. The van der Waals surface area contributed by atoms with Crippen LogP contribution in [0.5, 0.6) is 0 Å². The fraction of sp³-hybridized carbons (Fsp3) is 0.833. The van der Waals surface area contributed by atoms with E-state index in [1.54, 1.807) is 0 Å². The lowest BCUT2D eigenvalue weighted by Crippen LogP contribution is -2.42. The van der Waals surface area contributed by atoms with Crippen molar-refractivity contribution in [3.63, 3.8) is 0 Å². The Balaban J connectivity index is 1.97. The van der Waals surface area contributed by atoms with E-state index in [1.807, 2.05) is 0 Å². The summed E-state index contributed by atoms with van der Waals surface area (Å²) in [6, 6.07) is 0.711. The predicted octanol–water partition coefficient (Wildman–Crippen LogP) is 4.03. The highest BCUT2D eigenvalue weighted by Crippen LogP contribution is 2.34. The molecule has 1 aliphatic carbocycles. The van der Waals surface area contributed by atoms with Gasteiger partial charge in [-0.1, -0.05) is 26.7 Å². The number of aryl methyl sites for hydroxylation is 1. The van der Waals surface area contributed by atoms with Crippen molar-refractivity contribution in [3.8, 4) is 0 Å². The Kier molecular flexibility index (Phi) is 6.75. The summed E-state index contributed by atoms with van der Waals surface area (Å²) in [6.07, 6.45) is 13.6. The van der Waals surface area contributed by atoms with E-state index < -0.39 is 0 Å². The maximum absolute atomic E-state index is 4.44. The molecule has 1 aliphatic rings. The predicted molar refractivity (Wildman–Crippen MR) is 89.4 cm³/mol. The largest absolute Gasteiger partial charge is 0.314 e. The molecule has 3 heteroatoms. The van der Waals surface area contributed by atoms with E-state index >= 15 is 0 Å². The fourth-order valence-electron chi connectivity index (χ4n) is 3.84. The molecule has 2 rings (SSSR count). The van der Waals surface area contributed by atoms with E-state index in [-0.39, 0.29) is 0 Å². The van der Waals surface area contributed by atoms with Gasteiger partial charge in [0, 0.05) is 18.8 Å². The molecular weight excluding hydrogens is 258 g/mol. The first-order valence-corrected chi connectivity index (χ1v) is 9.01. The van der Waals surface area contributed by atoms with E-state index in [9.17, 15) is 0 Å². The minimum Gasteiger partial charge on any atom is -0.314 e. The second-order valence-corrected chi connectivity index (χ2v) is 6.70. The summed E-state index contributed by atoms with van der Waals surface area (Å²) < 4.78 is 2.05. The molecule has 0 spiro atoms. The number of rotatable bonds is 8. The molecule has 120 valence electrons. The van der Waals surface area contributed by atoms with Crippen molar-refractivity contribution in [2.24, 2.45) is 11.8 Å². The van der Waals surface area contributed by atoms with Gasteiger partial charge in [0.25, 0.3) is 0 Å². The highest BCUT2D eigenvalue weighted by molar-refractivity contribution is 5.07. The lowest BCUT2D eigenvalue weighted by atomic mass is 9.74. The van der Waals surface area contributed by atoms with Crippen LogP contribution in [0, 0.1) is 11.8 Å². The lowest BCUT2D eigenvalue weighted by Gasteiger charge is -2.37. The van der Waals surface area contributed by atoms with Gasteiger partial charge in [0.05, 0.1) is 6.20 Å². The van der Waals surface area contributed by atoms with Crippen LogP contribution in [0.3, 0.4) is 0 Å². The van der Waals surface area contributed by atoms with E-state index in [1.165, 1.54) is 50.5 Å². The summed E-state index contributed by atoms with van der Waals surface area (Å²) in [6.45, 7) is 8.87. The number of hydrogen-bond acceptors (Lipinski definition) is 2. The first kappa shape index (κ1) is 16.5. The van der Waals surface area contributed by atoms with Gasteiger partial charge in [0.15, 0.2) is 0 Å². The molecule has 1 N–H and O–H groups in total. The normalized spacial score (nSPS) is 26.1. The molecule has 0 saturated heterocycles. The molecule has 1 aromatic rings. The van der Waals surface area contributed by atoms with E-state index in [0.717, 1.165) is 24.9 Å². The summed E-state index contributed by atoms with van der Waals surface area (Å²) in [4.78, 5) is 0. The van der Waals surface area contributed by atoms with Crippen molar-refractivity contribution in [3.05, 3.63) is 18.0 Å². The maximum atomic E-state index is 4.44. The minimum absolute atomic E-state index is 0.711. The smallest absolute Gasteiger partial charge is 0.0521 e. The average Bonchev–Trinajstić information content (AvgIpc) is 2.94. The zero-order valence-corrected chi connectivity index (χ0v) is 14.1. The summed E-state index contributed by atoms with van der Waals surface area (Å²) in [7, 11) is 0. The van der Waals surface area contributed by atoms with Crippen LogP contribution in [0.1, 0.15) is 64.9 Å². The van der Waals surface area contributed by atoms with E-state index in [4.69, 9.17) is 0 Å². The van der Waals surface area contributed by atoms with Crippen molar-refractivity contribution >= 4 is 0 Å². The van der Waals surface area contributed by atoms with Crippen LogP contribution in [0.25, 0.3) is 0 Å². The van der Waals surface area contributed by atoms with E-state index in [0.29, 0.717) is 6.04 Å². The van der Waals surface area contributed by atoms with Gasteiger partial charge in [-0.25, -0.2) is 0 Å². The molecule has 0 amide bonds. The zero-order chi connectivity index (χ0) is 15.1. The van der Waals surface area contributed by atoms with Crippen molar-refractivity contribution < 1.29 is 0 Å². The van der Waals surface area contributed by atoms with Gasteiger partial charge < -0.3 is 5.32 Å². The van der Waals surface area contributed by atoms with Crippen molar-refractivity contribution in [1.82, 2.24) is 15.1 Å². The van der Waals surface area contributed by atoms with Gasteiger partial charge >= 0.3 is 0 Å². The maximum Gasteiger partial charge on any atom is 0.0521 e. The Labute approximate surface area is 130 Å². The third-order valence-corrected chi connectivity index (χ3v) is 4.95. The van der Waals surface area contributed by atoms with Crippen LogP contribution in [-0.4, -0.2) is 22.4 Å². The molecule has 21 heavy (non-hydrogen) atoms. The van der Waals surface area contributed by atoms with Gasteiger partial charge in [-0.2, -0.15) is 5.10 Å². The highest BCUT2D eigenvalue weighted by atomic mass is 15.3. The standard InChI is InChI=1S/C18H33N3/c1-4-7-15-8-9-18(19-10-5-2)17(11-15)12-16-13-20-21(6-3)14-16/h13-15,17-19H,4-12H2,1-3H3. The summed E-state index contributed by atoms with van der Waals surface area (Å²) >= 11 is 0. The van der Waals surface area contributed by atoms with Gasteiger partial charge in [-0.05, 0) is 63.0 Å². The van der Waals surface area contributed by atoms with Gasteiger partial charge in [0.1, 0.15) is 0 Å². The van der Waals surface area contributed by atoms with Crippen molar-refractivity contribution in [2.45, 2.75) is 78.3 Å². The molecule has 1 saturated carbocycles. The molecule has 0 radical (unpaired) electrons. The molecule has 0 aliphatic heterocycles. The molecule has 1 aromatic heterocycles. The monoisotopic (exact) mass is 291 g/mol. The Morgan fingerprint density at radius 2 is 2.10 bits per heavy atom. The SMILES string of the molecule is CCCNC1CCC(CCC)CC1Cc1cnn(CC)c1. The van der Waals surface area contributed by atoms with Crippen molar-refractivity contribution in [2.75, 3.05) is 6.54 Å². The van der Waals surface area contributed by atoms with Crippen molar-refractivity contribution in [1.29, 1.82) is 0 Å². The fourth-order valence-corrected chi connectivity index (χ4v) is 3.84. The van der Waals surface area contributed by atoms with Gasteiger partial charge in [-0.3, -0.25) is 4.68 Å². The average molecular weight is 291 g/mol. The second kappa shape index (κ2) is 8.57. The topological polar surface area (TPSA) is 29.9 Å². The zero-order valence-electron chi connectivity index (χ0n) is 14.1. The quantitative estimate of drug-likeness (QED) is 0.783. The molecule has 3 unspecified atom stereocenters. The van der Waals surface area contributed by atoms with Crippen LogP contribution in [0.2, 0.25) is 0 Å². The summed E-state index contributed by atoms with van der Waals surface area (Å²) in [5, 5.41) is 8.24. The molecule has 0 aromatic carbocycles. The molecule has 1 heterocycles. The Morgan fingerprint density at radius 1 is 1.24 bits per heavy atom. The Morgan fingerprint density at radius 3 is 2.76 bits per heavy atom. The van der Waals surface area contributed by atoms with Crippen LogP contribution < -0.4 is 5.32 Å². The highest BCUT2D eigenvalue weighted by Gasteiger charge is 2.29. The van der Waals surface area contributed by atoms with Gasteiger partial charge in [-0.15, -0.1) is 0 Å². The summed E-state index contributed by atoms with van der Waals surface area (Å²) in [5.74, 6) is 1.73. The molecule has 0 bridgehead atoms. The third kappa shape index (κ3) is 4.84. The number of nitrogens with one attached hydrogen (secondary N) is 1. The van der Waals surface area contributed by atoms with Crippen LogP contribution in [-0.2, 0) is 13.0 Å². The Bertz CT molecular complexity index is 399. The first-order chi connectivity index (χ1) is 10.3. The van der Waals surface area contributed by atoms with Crippen LogP contribution >= 0.6 is 0 Å². The molecular formula is C18H33N3. The number of hydrogen-bond donors (Lipinski definition) is 1. The van der Waals surface area contributed by atoms with Gasteiger partial charge in [0.2, 0.25) is 0 Å². The second-order valence-electron chi connectivity index (χ2n) is 6.70. The number of nitrogens with zero attached hydrogens (tertiary/aromatic N) is 2. The first-order valence-electron chi connectivity index (χ1n) is 9.01. The van der Waals surface area contributed by atoms with Crippen LogP contribution in [0.15, 0.2) is 12.4 Å². The lowest BCUT2D eigenvalue weighted by molar-refractivity contribution is 0.194. The molecule has 3 atom stereocenters. The van der Waals surface area contributed by atoms with E-state index in [2.05, 4.69) is 48.3 Å².